The van der Waals surface area contributed by atoms with E-state index in [9.17, 15) is 35.9 Å². The number of aromatic nitrogens is 3. The molecule has 1 atom stereocenters. The number of alkyl halides is 3. The van der Waals surface area contributed by atoms with E-state index in [-0.39, 0.29) is 29.9 Å². The van der Waals surface area contributed by atoms with Gasteiger partial charge in [-0.05, 0) is 66.8 Å². The summed E-state index contributed by atoms with van der Waals surface area (Å²) in [6.07, 6.45) is -2.19. The third-order valence-electron chi connectivity index (χ3n) is 7.07. The van der Waals surface area contributed by atoms with Gasteiger partial charge < -0.3 is 5.73 Å². The average molecular weight is 587 g/mol. The fourth-order valence-corrected chi connectivity index (χ4v) is 5.06. The predicted molar refractivity (Wildman–Crippen MR) is 140 cm³/mol. The molecule has 1 aliphatic carbocycles. The van der Waals surface area contributed by atoms with Crippen molar-refractivity contribution in [2.45, 2.75) is 50.2 Å². The molecule has 0 unspecified atom stereocenters. The van der Waals surface area contributed by atoms with Gasteiger partial charge in [0.05, 0.1) is 17.8 Å². The van der Waals surface area contributed by atoms with Gasteiger partial charge in [-0.15, -0.1) is 0 Å². The van der Waals surface area contributed by atoms with Crippen molar-refractivity contribution in [3.63, 3.8) is 0 Å². The molecule has 1 amide bonds. The van der Waals surface area contributed by atoms with E-state index >= 15 is 0 Å². The van der Waals surface area contributed by atoms with Gasteiger partial charge >= 0.3 is 6.18 Å². The van der Waals surface area contributed by atoms with Crippen LogP contribution < -0.4 is 5.73 Å². The molecule has 2 aromatic carbocycles. The predicted octanol–water partition coefficient (Wildman–Crippen LogP) is 6.34. The van der Waals surface area contributed by atoms with Crippen molar-refractivity contribution in [1.82, 2.24) is 14.8 Å². The molecule has 42 heavy (non-hydrogen) atoms. The SMILES string of the molecule is NC(=O)c1cc(-c2cccnc2[C@@H](CC(=O)Cn2nc(C(F)(F)F)cc2C2CC2)Cc2cc(F)cc(F)c2)ccc1F. The van der Waals surface area contributed by atoms with Crippen molar-refractivity contribution in [1.29, 1.82) is 0 Å². The lowest BCUT2D eigenvalue weighted by Crippen LogP contribution is -2.19. The summed E-state index contributed by atoms with van der Waals surface area (Å²) in [5, 5.41) is 3.65. The number of carbonyl (C=O) groups is 2. The molecule has 5 rings (SSSR count). The van der Waals surface area contributed by atoms with Crippen molar-refractivity contribution < 1.29 is 35.9 Å². The molecule has 0 radical (unpaired) electrons. The van der Waals surface area contributed by atoms with Gasteiger partial charge in [0.2, 0.25) is 0 Å². The van der Waals surface area contributed by atoms with Crippen LogP contribution >= 0.6 is 0 Å². The molecule has 1 fully saturated rings. The van der Waals surface area contributed by atoms with E-state index in [4.69, 9.17) is 5.73 Å². The Morgan fingerprint density at radius 3 is 2.36 bits per heavy atom. The second-order valence-corrected chi connectivity index (χ2v) is 10.3. The molecular weight excluding hydrogens is 562 g/mol. The van der Waals surface area contributed by atoms with E-state index in [0.717, 1.165) is 28.9 Å². The number of hydrogen-bond acceptors (Lipinski definition) is 4. The number of Topliss-reactive ketones (excluding diaryl/α,β-unsaturated/α-hetero) is 1. The third kappa shape index (κ3) is 6.53. The lowest BCUT2D eigenvalue weighted by molar-refractivity contribution is -0.141. The molecule has 2 aromatic heterocycles. The van der Waals surface area contributed by atoms with Crippen LogP contribution in [-0.4, -0.2) is 26.5 Å². The lowest BCUT2D eigenvalue weighted by Gasteiger charge is -2.20. The number of hydrogen-bond donors (Lipinski definition) is 1. The molecular formula is C30H24F6N4O2. The Labute approximate surface area is 236 Å². The zero-order valence-corrected chi connectivity index (χ0v) is 22.0. The van der Waals surface area contributed by atoms with E-state index < -0.39 is 53.5 Å². The summed E-state index contributed by atoms with van der Waals surface area (Å²) in [4.78, 5) is 29.6. The first kappa shape index (κ1) is 29.0. The van der Waals surface area contributed by atoms with Crippen LogP contribution in [0.1, 0.15) is 64.1 Å². The van der Waals surface area contributed by atoms with E-state index in [1.807, 2.05) is 0 Å². The number of primary amides is 1. The summed E-state index contributed by atoms with van der Waals surface area (Å²) < 4.78 is 83.5. The lowest BCUT2D eigenvalue weighted by atomic mass is 9.86. The molecule has 0 aliphatic heterocycles. The Kier molecular flexibility index (Phi) is 7.89. The highest BCUT2D eigenvalue weighted by molar-refractivity contribution is 5.94. The minimum Gasteiger partial charge on any atom is -0.366 e. The summed E-state index contributed by atoms with van der Waals surface area (Å²) in [7, 11) is 0. The standard InChI is InChI=1S/C30H24F6N4O2/c31-20-9-16(10-21(32)13-20)8-19(11-22(41)15-40-26(17-3-4-17)14-27(39-40)30(34,35)36)28-23(2-1-7-38-28)18-5-6-25(33)24(12-18)29(37)42/h1-2,5-7,9-10,12-14,17,19H,3-4,8,11,15H2,(H2,37,42)/t19-/m1/s1. The van der Waals surface area contributed by atoms with Gasteiger partial charge in [-0.2, -0.15) is 18.3 Å². The van der Waals surface area contributed by atoms with Crippen molar-refractivity contribution in [3.05, 3.63) is 106 Å². The number of carbonyl (C=O) groups excluding carboxylic acids is 2. The van der Waals surface area contributed by atoms with Crippen LogP contribution in [-0.2, 0) is 23.9 Å². The molecule has 218 valence electrons. The zero-order chi connectivity index (χ0) is 30.2. The quantitative estimate of drug-likeness (QED) is 0.220. The number of amides is 1. The van der Waals surface area contributed by atoms with Crippen LogP contribution in [0.25, 0.3) is 11.1 Å². The van der Waals surface area contributed by atoms with E-state index in [1.54, 1.807) is 12.1 Å². The maximum Gasteiger partial charge on any atom is 0.435 e. The van der Waals surface area contributed by atoms with Crippen LogP contribution in [0.5, 0.6) is 0 Å². The zero-order valence-electron chi connectivity index (χ0n) is 22.0. The third-order valence-corrected chi connectivity index (χ3v) is 7.07. The minimum absolute atomic E-state index is 0.0588. The maximum absolute atomic E-state index is 14.2. The number of nitrogens with two attached hydrogens (primary N) is 1. The molecule has 1 saturated carbocycles. The summed E-state index contributed by atoms with van der Waals surface area (Å²) in [5.41, 5.74) is 5.46. The number of nitrogens with zero attached hydrogens (tertiary/aromatic N) is 3. The van der Waals surface area contributed by atoms with Crippen LogP contribution in [0.4, 0.5) is 26.3 Å². The van der Waals surface area contributed by atoms with Crippen LogP contribution in [0, 0.1) is 17.5 Å². The fraction of sp³-hybridized carbons (Fsp3) is 0.267. The second-order valence-electron chi connectivity index (χ2n) is 10.3. The molecule has 0 bridgehead atoms. The smallest absolute Gasteiger partial charge is 0.366 e. The Morgan fingerprint density at radius 1 is 1.00 bits per heavy atom. The first-order valence-electron chi connectivity index (χ1n) is 13.0. The molecule has 12 heteroatoms. The summed E-state index contributed by atoms with van der Waals surface area (Å²) in [6, 6.07) is 10.8. The molecule has 0 spiro atoms. The monoisotopic (exact) mass is 586 g/mol. The molecule has 0 saturated heterocycles. The molecule has 1 aliphatic rings. The fourth-order valence-electron chi connectivity index (χ4n) is 5.06. The van der Waals surface area contributed by atoms with Gasteiger partial charge in [-0.1, -0.05) is 12.1 Å². The Morgan fingerprint density at radius 2 is 1.71 bits per heavy atom. The van der Waals surface area contributed by atoms with Gasteiger partial charge in [0, 0.05) is 41.8 Å². The highest BCUT2D eigenvalue weighted by atomic mass is 19.4. The van der Waals surface area contributed by atoms with Gasteiger partial charge in [0.1, 0.15) is 17.5 Å². The van der Waals surface area contributed by atoms with Crippen molar-refractivity contribution >= 4 is 11.7 Å². The van der Waals surface area contributed by atoms with Crippen molar-refractivity contribution in [3.8, 4) is 11.1 Å². The van der Waals surface area contributed by atoms with E-state index in [1.165, 1.54) is 18.3 Å². The van der Waals surface area contributed by atoms with Crippen LogP contribution in [0.3, 0.4) is 0 Å². The summed E-state index contributed by atoms with van der Waals surface area (Å²) in [6.45, 7) is -0.444. The Balaban J connectivity index is 1.51. The number of rotatable bonds is 10. The first-order valence-corrected chi connectivity index (χ1v) is 13.0. The largest absolute Gasteiger partial charge is 0.435 e. The molecule has 6 nitrogen and oxygen atoms in total. The van der Waals surface area contributed by atoms with Gasteiger partial charge in [-0.25, -0.2) is 13.2 Å². The van der Waals surface area contributed by atoms with E-state index in [0.29, 0.717) is 41.4 Å². The number of ketones is 1. The number of benzene rings is 2. The normalized spacial score (nSPS) is 14.1. The molecule has 4 aromatic rings. The Hall–Kier alpha value is -4.48. The van der Waals surface area contributed by atoms with Gasteiger partial charge in [-0.3, -0.25) is 19.3 Å². The van der Waals surface area contributed by atoms with Gasteiger partial charge in [0.25, 0.3) is 5.91 Å². The second kappa shape index (κ2) is 11.4. The maximum atomic E-state index is 14.2. The number of halogens is 6. The van der Waals surface area contributed by atoms with Crippen molar-refractivity contribution in [2.24, 2.45) is 5.73 Å². The van der Waals surface area contributed by atoms with Crippen molar-refractivity contribution in [2.75, 3.05) is 0 Å². The summed E-state index contributed by atoms with van der Waals surface area (Å²) >= 11 is 0. The Bertz CT molecular complexity index is 1640. The average Bonchev–Trinajstić information content (AvgIpc) is 3.66. The summed E-state index contributed by atoms with van der Waals surface area (Å²) in [5.74, 6) is -4.89. The number of pyridine rings is 1. The topological polar surface area (TPSA) is 90.9 Å². The van der Waals surface area contributed by atoms with Crippen LogP contribution in [0.15, 0.2) is 60.8 Å². The first-order chi connectivity index (χ1) is 19.9. The van der Waals surface area contributed by atoms with Gasteiger partial charge in [0.15, 0.2) is 11.5 Å². The van der Waals surface area contributed by atoms with E-state index in [2.05, 4.69) is 10.1 Å². The van der Waals surface area contributed by atoms with Crippen LogP contribution in [0.2, 0.25) is 0 Å². The minimum atomic E-state index is -4.68. The molecule has 2 N–H and O–H groups in total. The highest BCUT2D eigenvalue weighted by Crippen LogP contribution is 2.42. The highest BCUT2D eigenvalue weighted by Gasteiger charge is 2.38. The molecule has 2 heterocycles.